The summed E-state index contributed by atoms with van der Waals surface area (Å²) in [7, 11) is 0. The molecule has 0 amide bonds. The highest BCUT2D eigenvalue weighted by atomic mass is 32.1. The van der Waals surface area contributed by atoms with Crippen molar-refractivity contribution < 1.29 is 0 Å². The van der Waals surface area contributed by atoms with Gasteiger partial charge in [0.1, 0.15) is 0 Å². The molecule has 116 valence electrons. The highest BCUT2D eigenvalue weighted by molar-refractivity contribution is 7.80. The molecule has 0 saturated heterocycles. The Morgan fingerprint density at radius 1 is 1.05 bits per heavy atom. The van der Waals surface area contributed by atoms with Gasteiger partial charge in [-0.3, -0.25) is 9.88 Å². The van der Waals surface area contributed by atoms with E-state index in [1.54, 1.807) is 0 Å². The van der Waals surface area contributed by atoms with Crippen molar-refractivity contribution in [3.8, 4) is 0 Å². The van der Waals surface area contributed by atoms with E-state index >= 15 is 0 Å². The summed E-state index contributed by atoms with van der Waals surface area (Å²) in [6, 6.07) is 12.7. The number of aromatic nitrogens is 1. The Morgan fingerprint density at radius 3 is 2.27 bits per heavy atom. The molecular weight excluding hydrogens is 290 g/mol. The van der Waals surface area contributed by atoms with Crippen LogP contribution in [-0.4, -0.2) is 28.0 Å². The molecule has 4 heteroatoms. The topological polar surface area (TPSA) is 42.2 Å². The zero-order valence-electron chi connectivity index (χ0n) is 13.0. The van der Waals surface area contributed by atoms with Crippen molar-refractivity contribution in [2.45, 2.75) is 26.3 Å². The molecule has 0 aliphatic heterocycles. The number of nitrogens with zero attached hydrogens (tertiary/aromatic N) is 2. The van der Waals surface area contributed by atoms with Crippen molar-refractivity contribution >= 4 is 17.2 Å². The van der Waals surface area contributed by atoms with Crippen molar-refractivity contribution in [1.29, 1.82) is 0 Å². The van der Waals surface area contributed by atoms with Gasteiger partial charge in [0.2, 0.25) is 0 Å². The van der Waals surface area contributed by atoms with E-state index in [9.17, 15) is 0 Å². The van der Waals surface area contributed by atoms with Gasteiger partial charge in [0.25, 0.3) is 0 Å². The monoisotopic (exact) mass is 313 g/mol. The van der Waals surface area contributed by atoms with E-state index in [-0.39, 0.29) is 0 Å². The van der Waals surface area contributed by atoms with Crippen LogP contribution in [0.3, 0.4) is 0 Å². The van der Waals surface area contributed by atoms with E-state index in [1.807, 2.05) is 12.4 Å². The van der Waals surface area contributed by atoms with Crippen LogP contribution in [-0.2, 0) is 19.4 Å². The lowest BCUT2D eigenvalue weighted by molar-refractivity contribution is 0.283. The van der Waals surface area contributed by atoms with Crippen LogP contribution in [0.1, 0.15) is 23.6 Å². The lowest BCUT2D eigenvalue weighted by Gasteiger charge is -2.20. The van der Waals surface area contributed by atoms with Crippen LogP contribution < -0.4 is 5.73 Å². The van der Waals surface area contributed by atoms with Crippen LogP contribution >= 0.6 is 12.2 Å². The van der Waals surface area contributed by atoms with Gasteiger partial charge in [-0.2, -0.15) is 0 Å². The predicted molar refractivity (Wildman–Crippen MR) is 95.8 cm³/mol. The number of rotatable bonds is 8. The van der Waals surface area contributed by atoms with Crippen LogP contribution in [0, 0.1) is 0 Å². The maximum absolute atomic E-state index is 5.58. The first-order chi connectivity index (χ1) is 10.7. The summed E-state index contributed by atoms with van der Waals surface area (Å²) < 4.78 is 0. The molecule has 0 aliphatic carbocycles. The Labute approximate surface area is 138 Å². The Morgan fingerprint density at radius 2 is 1.68 bits per heavy atom. The van der Waals surface area contributed by atoms with E-state index in [0.29, 0.717) is 11.4 Å². The molecule has 3 nitrogen and oxygen atoms in total. The summed E-state index contributed by atoms with van der Waals surface area (Å²) in [4.78, 5) is 7.05. The predicted octanol–water partition coefficient (Wildman–Crippen LogP) is 2.97. The highest BCUT2D eigenvalue weighted by Crippen LogP contribution is 2.09. The van der Waals surface area contributed by atoms with Crippen LogP contribution in [0.25, 0.3) is 0 Å². The second-order valence-corrected chi connectivity index (χ2v) is 5.96. The van der Waals surface area contributed by atoms with Crippen molar-refractivity contribution in [3.63, 3.8) is 0 Å². The van der Waals surface area contributed by atoms with Crippen LogP contribution in [0.5, 0.6) is 0 Å². The zero-order chi connectivity index (χ0) is 15.8. The highest BCUT2D eigenvalue weighted by Gasteiger charge is 2.05. The molecule has 0 saturated carbocycles. The Balaban J connectivity index is 1.88. The standard InChI is InChI=1S/C18H23N3S/c1-2-21(12-9-15-7-10-20-11-8-15)14-17-5-3-16(4-6-17)13-18(19)22/h3-8,10-11H,2,9,12-14H2,1H3,(H2,19,22). The number of hydrogen-bond donors (Lipinski definition) is 1. The van der Waals surface area contributed by atoms with Gasteiger partial charge in [-0.05, 0) is 41.8 Å². The molecule has 0 spiro atoms. The molecule has 0 atom stereocenters. The number of thiocarbonyl (C=S) groups is 1. The molecule has 2 rings (SSSR count). The average Bonchev–Trinajstić information content (AvgIpc) is 2.53. The number of pyridine rings is 1. The van der Waals surface area contributed by atoms with E-state index in [1.165, 1.54) is 16.7 Å². The Kier molecular flexibility index (Phi) is 6.49. The summed E-state index contributed by atoms with van der Waals surface area (Å²) in [6.45, 7) is 5.26. The smallest absolute Gasteiger partial charge is 0.0771 e. The largest absolute Gasteiger partial charge is 0.393 e. The number of benzene rings is 1. The third-order valence-electron chi connectivity index (χ3n) is 3.72. The van der Waals surface area contributed by atoms with Crippen molar-refractivity contribution in [1.82, 2.24) is 9.88 Å². The Bertz CT molecular complexity index is 581. The second-order valence-electron chi connectivity index (χ2n) is 5.43. The summed E-state index contributed by atoms with van der Waals surface area (Å²) >= 11 is 4.95. The van der Waals surface area contributed by atoms with E-state index in [2.05, 4.69) is 53.2 Å². The fourth-order valence-corrected chi connectivity index (χ4v) is 2.57. The normalized spacial score (nSPS) is 10.8. The molecule has 1 heterocycles. The lowest BCUT2D eigenvalue weighted by Crippen LogP contribution is -2.25. The molecule has 1 aromatic heterocycles. The van der Waals surface area contributed by atoms with Crippen molar-refractivity contribution in [2.75, 3.05) is 13.1 Å². The van der Waals surface area contributed by atoms with E-state index in [0.717, 1.165) is 26.1 Å². The van der Waals surface area contributed by atoms with Crippen LogP contribution in [0.15, 0.2) is 48.8 Å². The molecule has 2 N–H and O–H groups in total. The first kappa shape index (κ1) is 16.6. The van der Waals surface area contributed by atoms with Crippen molar-refractivity contribution in [2.24, 2.45) is 5.73 Å². The fraction of sp³-hybridized carbons (Fsp3) is 0.333. The number of hydrogen-bond acceptors (Lipinski definition) is 3. The van der Waals surface area contributed by atoms with Gasteiger partial charge >= 0.3 is 0 Å². The molecule has 1 aromatic carbocycles. The zero-order valence-corrected chi connectivity index (χ0v) is 13.9. The summed E-state index contributed by atoms with van der Waals surface area (Å²) in [6.07, 6.45) is 5.43. The molecule has 0 fully saturated rings. The molecular formula is C18H23N3S. The first-order valence-electron chi connectivity index (χ1n) is 7.64. The minimum Gasteiger partial charge on any atom is -0.393 e. The van der Waals surface area contributed by atoms with Gasteiger partial charge in [-0.1, -0.05) is 43.4 Å². The van der Waals surface area contributed by atoms with Gasteiger partial charge in [-0.25, -0.2) is 0 Å². The van der Waals surface area contributed by atoms with Crippen LogP contribution in [0.4, 0.5) is 0 Å². The van der Waals surface area contributed by atoms with Gasteiger partial charge in [0.15, 0.2) is 0 Å². The van der Waals surface area contributed by atoms with Crippen LogP contribution in [0.2, 0.25) is 0 Å². The van der Waals surface area contributed by atoms with E-state index < -0.39 is 0 Å². The maximum atomic E-state index is 5.58. The van der Waals surface area contributed by atoms with Gasteiger partial charge in [-0.15, -0.1) is 0 Å². The first-order valence-corrected chi connectivity index (χ1v) is 8.05. The number of likely N-dealkylation sites (N-methyl/N-ethyl adjacent to an activating group) is 1. The second kappa shape index (κ2) is 8.61. The molecule has 0 aliphatic rings. The fourth-order valence-electron chi connectivity index (χ4n) is 2.41. The summed E-state index contributed by atoms with van der Waals surface area (Å²) in [5, 5.41) is 0. The summed E-state index contributed by atoms with van der Waals surface area (Å²) in [5.74, 6) is 0. The minimum atomic E-state index is 0.542. The molecule has 0 bridgehead atoms. The van der Waals surface area contributed by atoms with E-state index in [4.69, 9.17) is 18.0 Å². The molecule has 2 aromatic rings. The third-order valence-corrected chi connectivity index (χ3v) is 3.87. The number of nitrogens with two attached hydrogens (primary N) is 1. The van der Waals surface area contributed by atoms with Crippen molar-refractivity contribution in [3.05, 3.63) is 65.5 Å². The SMILES string of the molecule is CCN(CCc1ccncc1)Cc1ccc(CC(N)=S)cc1. The molecule has 0 radical (unpaired) electrons. The van der Waals surface area contributed by atoms with Gasteiger partial charge in [0.05, 0.1) is 4.99 Å². The molecule has 0 unspecified atom stereocenters. The molecule has 22 heavy (non-hydrogen) atoms. The minimum absolute atomic E-state index is 0.542. The Hall–Kier alpha value is -1.78. The lowest BCUT2D eigenvalue weighted by atomic mass is 10.1. The third kappa shape index (κ3) is 5.54. The maximum Gasteiger partial charge on any atom is 0.0771 e. The van der Waals surface area contributed by atoms with Gasteiger partial charge in [0, 0.05) is 31.9 Å². The van der Waals surface area contributed by atoms with Gasteiger partial charge < -0.3 is 5.73 Å². The quantitative estimate of drug-likeness (QED) is 0.761. The summed E-state index contributed by atoms with van der Waals surface area (Å²) in [5.41, 5.74) is 9.41. The average molecular weight is 313 g/mol.